The van der Waals surface area contributed by atoms with E-state index in [0.29, 0.717) is 17.8 Å². The van der Waals surface area contributed by atoms with Crippen LogP contribution in [0.3, 0.4) is 0 Å². The first-order valence-electron chi connectivity index (χ1n) is 7.21. The van der Waals surface area contributed by atoms with Gasteiger partial charge in [0, 0.05) is 13.1 Å². The lowest BCUT2D eigenvalue weighted by atomic mass is 9.99. The fourth-order valence-electron chi connectivity index (χ4n) is 2.27. The van der Waals surface area contributed by atoms with Crippen molar-refractivity contribution in [2.75, 3.05) is 6.54 Å². The highest BCUT2D eigenvalue weighted by atomic mass is 16.5. The van der Waals surface area contributed by atoms with Crippen LogP contribution in [0.15, 0.2) is 17.0 Å². The molecule has 0 aromatic carbocycles. The van der Waals surface area contributed by atoms with Gasteiger partial charge in [-0.1, -0.05) is 25.9 Å². The maximum absolute atomic E-state index is 5.43. The molecule has 6 heteroatoms. The highest BCUT2D eigenvalue weighted by molar-refractivity contribution is 5.47. The summed E-state index contributed by atoms with van der Waals surface area (Å²) in [5.41, 5.74) is 0.863. The van der Waals surface area contributed by atoms with Crippen LogP contribution >= 0.6 is 0 Å². The molecule has 0 saturated heterocycles. The van der Waals surface area contributed by atoms with Crippen LogP contribution in [0.1, 0.15) is 45.4 Å². The molecule has 0 amide bonds. The quantitative estimate of drug-likeness (QED) is 0.841. The standard InChI is InChI=1S/C14H23N5O/c1-5-7-16-11(6-2)10(3)14-17-13(18-20-14)12-8-15-9-19(12)4/h8-11,16H,5-7H2,1-4H3. The first-order chi connectivity index (χ1) is 9.67. The summed E-state index contributed by atoms with van der Waals surface area (Å²) in [6.45, 7) is 7.46. The molecule has 0 aliphatic heterocycles. The monoisotopic (exact) mass is 277 g/mol. The van der Waals surface area contributed by atoms with Crippen LogP contribution in [0.5, 0.6) is 0 Å². The molecule has 2 heterocycles. The molecule has 0 aliphatic carbocycles. The van der Waals surface area contributed by atoms with E-state index in [0.717, 1.165) is 25.1 Å². The van der Waals surface area contributed by atoms with E-state index in [9.17, 15) is 0 Å². The van der Waals surface area contributed by atoms with Gasteiger partial charge in [0.1, 0.15) is 5.69 Å². The van der Waals surface area contributed by atoms with Gasteiger partial charge in [-0.15, -0.1) is 0 Å². The van der Waals surface area contributed by atoms with Crippen LogP contribution in [0.2, 0.25) is 0 Å². The second-order valence-electron chi connectivity index (χ2n) is 5.10. The van der Waals surface area contributed by atoms with Crippen molar-refractivity contribution in [2.24, 2.45) is 7.05 Å². The van der Waals surface area contributed by atoms with Gasteiger partial charge in [0.05, 0.1) is 18.4 Å². The highest BCUT2D eigenvalue weighted by Gasteiger charge is 2.23. The Labute approximate surface area is 119 Å². The Morgan fingerprint density at radius 3 is 2.80 bits per heavy atom. The van der Waals surface area contributed by atoms with Crippen LogP contribution in [0.25, 0.3) is 11.5 Å². The minimum absolute atomic E-state index is 0.195. The summed E-state index contributed by atoms with van der Waals surface area (Å²) >= 11 is 0. The Balaban J connectivity index is 2.13. The van der Waals surface area contributed by atoms with Gasteiger partial charge in [-0.25, -0.2) is 4.98 Å². The topological polar surface area (TPSA) is 68.8 Å². The number of rotatable bonds is 7. The molecule has 2 unspecified atom stereocenters. The van der Waals surface area contributed by atoms with E-state index in [2.05, 4.69) is 41.2 Å². The summed E-state index contributed by atoms with van der Waals surface area (Å²) in [6.07, 6.45) is 5.62. The van der Waals surface area contributed by atoms with E-state index in [1.165, 1.54) is 0 Å². The lowest BCUT2D eigenvalue weighted by molar-refractivity contribution is 0.319. The normalized spacial score (nSPS) is 14.4. The van der Waals surface area contributed by atoms with Crippen LogP contribution in [0.4, 0.5) is 0 Å². The van der Waals surface area contributed by atoms with E-state index >= 15 is 0 Å². The molecule has 1 N–H and O–H groups in total. The average Bonchev–Trinajstić information content (AvgIpc) is 3.07. The van der Waals surface area contributed by atoms with Gasteiger partial charge in [0.25, 0.3) is 0 Å². The third kappa shape index (κ3) is 3.07. The Hall–Kier alpha value is -1.69. The van der Waals surface area contributed by atoms with Crippen molar-refractivity contribution in [3.63, 3.8) is 0 Å². The number of aryl methyl sites for hydroxylation is 1. The predicted molar refractivity (Wildman–Crippen MR) is 77.3 cm³/mol. The summed E-state index contributed by atoms with van der Waals surface area (Å²) in [7, 11) is 1.92. The molecule has 0 fully saturated rings. The predicted octanol–water partition coefficient (Wildman–Crippen LogP) is 2.35. The van der Waals surface area contributed by atoms with Crippen molar-refractivity contribution < 1.29 is 4.52 Å². The summed E-state index contributed by atoms with van der Waals surface area (Å²) in [6, 6.07) is 0.356. The Morgan fingerprint density at radius 2 is 2.20 bits per heavy atom. The highest BCUT2D eigenvalue weighted by Crippen LogP contribution is 2.22. The van der Waals surface area contributed by atoms with E-state index in [4.69, 9.17) is 4.52 Å². The zero-order valence-corrected chi connectivity index (χ0v) is 12.6. The van der Waals surface area contributed by atoms with Gasteiger partial charge < -0.3 is 14.4 Å². The smallest absolute Gasteiger partial charge is 0.231 e. The molecule has 0 spiro atoms. The van der Waals surface area contributed by atoms with E-state index in [1.54, 1.807) is 12.5 Å². The SMILES string of the molecule is CCCNC(CC)C(C)c1nc(-c2cncn2C)no1. The maximum atomic E-state index is 5.43. The molecule has 0 bridgehead atoms. The molecule has 2 rings (SSSR count). The number of imidazole rings is 1. The van der Waals surface area contributed by atoms with Crippen molar-refractivity contribution in [1.29, 1.82) is 0 Å². The summed E-state index contributed by atoms with van der Waals surface area (Å²) < 4.78 is 7.31. The minimum Gasteiger partial charge on any atom is -0.339 e. The van der Waals surface area contributed by atoms with Crippen molar-refractivity contribution >= 4 is 0 Å². The lowest BCUT2D eigenvalue weighted by Crippen LogP contribution is -2.33. The molecule has 20 heavy (non-hydrogen) atoms. The van der Waals surface area contributed by atoms with Crippen LogP contribution in [-0.2, 0) is 7.05 Å². The van der Waals surface area contributed by atoms with Crippen LogP contribution in [0, 0.1) is 0 Å². The summed E-state index contributed by atoms with van der Waals surface area (Å²) in [5, 5.41) is 7.59. The molecule has 2 atom stereocenters. The third-order valence-electron chi connectivity index (χ3n) is 3.58. The largest absolute Gasteiger partial charge is 0.339 e. The molecule has 0 aliphatic rings. The number of nitrogens with one attached hydrogen (secondary N) is 1. The van der Waals surface area contributed by atoms with Gasteiger partial charge in [0.15, 0.2) is 0 Å². The second-order valence-corrected chi connectivity index (χ2v) is 5.10. The second kappa shape index (κ2) is 6.65. The van der Waals surface area contributed by atoms with E-state index in [1.807, 2.05) is 11.6 Å². The van der Waals surface area contributed by atoms with Crippen molar-refractivity contribution in [2.45, 2.75) is 45.6 Å². The van der Waals surface area contributed by atoms with Gasteiger partial charge in [-0.2, -0.15) is 4.98 Å². The zero-order chi connectivity index (χ0) is 14.5. The third-order valence-corrected chi connectivity index (χ3v) is 3.58. The van der Waals surface area contributed by atoms with Crippen molar-refractivity contribution in [3.8, 4) is 11.5 Å². The van der Waals surface area contributed by atoms with Gasteiger partial charge in [-0.3, -0.25) is 0 Å². The number of hydrogen-bond donors (Lipinski definition) is 1. The maximum Gasteiger partial charge on any atom is 0.231 e. The van der Waals surface area contributed by atoms with Gasteiger partial charge >= 0.3 is 0 Å². The lowest BCUT2D eigenvalue weighted by Gasteiger charge is -2.20. The fourth-order valence-corrected chi connectivity index (χ4v) is 2.27. The van der Waals surface area contributed by atoms with Crippen molar-refractivity contribution in [3.05, 3.63) is 18.4 Å². The average molecular weight is 277 g/mol. The molecule has 0 radical (unpaired) electrons. The zero-order valence-electron chi connectivity index (χ0n) is 12.6. The minimum atomic E-state index is 0.195. The Morgan fingerprint density at radius 1 is 1.40 bits per heavy atom. The number of aromatic nitrogens is 4. The van der Waals surface area contributed by atoms with Gasteiger partial charge in [-0.05, 0) is 19.4 Å². The van der Waals surface area contributed by atoms with E-state index < -0.39 is 0 Å². The first-order valence-corrected chi connectivity index (χ1v) is 7.21. The number of nitrogens with zero attached hydrogens (tertiary/aromatic N) is 4. The molecular weight excluding hydrogens is 254 g/mol. The summed E-state index contributed by atoms with van der Waals surface area (Å²) in [5.74, 6) is 1.47. The number of hydrogen-bond acceptors (Lipinski definition) is 5. The first kappa shape index (κ1) is 14.7. The van der Waals surface area contributed by atoms with Crippen LogP contribution in [-0.4, -0.2) is 32.3 Å². The molecular formula is C14H23N5O. The Bertz CT molecular complexity index is 533. The van der Waals surface area contributed by atoms with Crippen molar-refractivity contribution in [1.82, 2.24) is 25.0 Å². The van der Waals surface area contributed by atoms with E-state index in [-0.39, 0.29) is 5.92 Å². The molecule has 2 aromatic heterocycles. The Kier molecular flexibility index (Phi) is 4.89. The van der Waals surface area contributed by atoms with Crippen LogP contribution < -0.4 is 5.32 Å². The van der Waals surface area contributed by atoms with Gasteiger partial charge in [0.2, 0.25) is 11.7 Å². The molecule has 110 valence electrons. The summed E-state index contributed by atoms with van der Waals surface area (Å²) in [4.78, 5) is 8.58. The molecule has 0 saturated carbocycles. The molecule has 6 nitrogen and oxygen atoms in total. The fraction of sp³-hybridized carbons (Fsp3) is 0.643. The molecule has 2 aromatic rings.